The largest absolute Gasteiger partial charge is 0.379 e. The van der Waals surface area contributed by atoms with Gasteiger partial charge in [-0.2, -0.15) is 4.98 Å². The number of rotatable bonds is 4. The minimum absolute atomic E-state index is 0.172. The first-order valence-corrected chi connectivity index (χ1v) is 7.13. The topological polar surface area (TPSA) is 76.3 Å². The van der Waals surface area contributed by atoms with Crippen LogP contribution in [0.3, 0.4) is 0 Å². The van der Waals surface area contributed by atoms with Crippen molar-refractivity contribution in [1.82, 2.24) is 14.9 Å². The molecule has 1 saturated heterocycles. The number of hydrogen-bond donors (Lipinski definition) is 2. The molecule has 2 rings (SSSR count). The summed E-state index contributed by atoms with van der Waals surface area (Å²) < 4.78 is 5.36. The number of aromatic nitrogens is 2. The fourth-order valence-electron chi connectivity index (χ4n) is 2.34. The Kier molecular flexibility index (Phi) is 4.67. The van der Waals surface area contributed by atoms with Crippen LogP contribution in [0.4, 0.5) is 11.8 Å². The van der Waals surface area contributed by atoms with Gasteiger partial charge in [0.1, 0.15) is 5.02 Å². The highest BCUT2D eigenvalue weighted by Gasteiger charge is 2.25. The number of anilines is 2. The first-order chi connectivity index (χ1) is 9.37. The molecule has 0 radical (unpaired) electrons. The van der Waals surface area contributed by atoms with Gasteiger partial charge in [0.25, 0.3) is 0 Å². The standard InChI is InChI=1S/C13H22ClN5O/c1-9-10(14)11(17-12(15)16-9)18-13(2,3)8-19-4-6-20-7-5-19/h4-8H2,1-3H3,(H3,15,16,17,18). The average molecular weight is 300 g/mol. The maximum Gasteiger partial charge on any atom is 0.222 e. The molecule has 20 heavy (non-hydrogen) atoms. The number of nitrogens with two attached hydrogens (primary N) is 1. The van der Waals surface area contributed by atoms with Crippen LogP contribution in [0.5, 0.6) is 0 Å². The molecule has 3 N–H and O–H groups in total. The Morgan fingerprint density at radius 3 is 2.65 bits per heavy atom. The van der Waals surface area contributed by atoms with Crippen molar-refractivity contribution >= 4 is 23.4 Å². The molecule has 0 aliphatic carbocycles. The summed E-state index contributed by atoms with van der Waals surface area (Å²) >= 11 is 6.24. The second kappa shape index (κ2) is 6.11. The molecule has 112 valence electrons. The van der Waals surface area contributed by atoms with E-state index in [0.29, 0.717) is 16.5 Å². The highest BCUT2D eigenvalue weighted by Crippen LogP contribution is 2.26. The Balaban J connectivity index is 2.07. The van der Waals surface area contributed by atoms with E-state index in [1.165, 1.54) is 0 Å². The van der Waals surface area contributed by atoms with Crippen LogP contribution in [0.15, 0.2) is 0 Å². The SMILES string of the molecule is Cc1nc(N)nc(NC(C)(C)CN2CCOCC2)c1Cl. The number of halogens is 1. The predicted octanol–water partition coefficient (Wildman–Crippen LogP) is 1.54. The summed E-state index contributed by atoms with van der Waals surface area (Å²) in [7, 11) is 0. The quantitative estimate of drug-likeness (QED) is 0.878. The van der Waals surface area contributed by atoms with Crippen molar-refractivity contribution in [2.45, 2.75) is 26.3 Å². The lowest BCUT2D eigenvalue weighted by Gasteiger charge is -2.35. The first-order valence-electron chi connectivity index (χ1n) is 6.75. The van der Waals surface area contributed by atoms with Crippen molar-refractivity contribution in [3.05, 3.63) is 10.7 Å². The minimum atomic E-state index is -0.172. The highest BCUT2D eigenvalue weighted by molar-refractivity contribution is 6.33. The van der Waals surface area contributed by atoms with E-state index in [1.807, 2.05) is 6.92 Å². The number of hydrogen-bond acceptors (Lipinski definition) is 6. The maximum absolute atomic E-state index is 6.24. The molecular weight excluding hydrogens is 278 g/mol. The van der Waals surface area contributed by atoms with E-state index in [2.05, 4.69) is 34.0 Å². The average Bonchev–Trinajstić information content (AvgIpc) is 2.35. The van der Waals surface area contributed by atoms with E-state index >= 15 is 0 Å². The molecule has 1 aliphatic rings. The van der Waals surface area contributed by atoms with Crippen LogP contribution in [0.25, 0.3) is 0 Å². The number of ether oxygens (including phenoxy) is 1. The van der Waals surface area contributed by atoms with Crippen molar-refractivity contribution in [3.63, 3.8) is 0 Å². The molecule has 0 amide bonds. The van der Waals surface area contributed by atoms with Gasteiger partial charge in [-0.1, -0.05) is 11.6 Å². The molecule has 6 nitrogen and oxygen atoms in total. The Hall–Kier alpha value is -1.11. The zero-order chi connectivity index (χ0) is 14.8. The summed E-state index contributed by atoms with van der Waals surface area (Å²) in [6.45, 7) is 10.4. The van der Waals surface area contributed by atoms with Gasteiger partial charge in [-0.15, -0.1) is 0 Å². The molecule has 0 atom stereocenters. The summed E-state index contributed by atoms with van der Waals surface area (Å²) in [5.41, 5.74) is 6.20. The Morgan fingerprint density at radius 2 is 2.00 bits per heavy atom. The normalized spacial score (nSPS) is 17.2. The van der Waals surface area contributed by atoms with E-state index in [1.54, 1.807) is 0 Å². The molecule has 7 heteroatoms. The third kappa shape index (κ3) is 3.94. The fourth-order valence-corrected chi connectivity index (χ4v) is 2.47. The van der Waals surface area contributed by atoms with Gasteiger partial charge < -0.3 is 15.8 Å². The van der Waals surface area contributed by atoms with Gasteiger partial charge in [-0.3, -0.25) is 4.90 Å². The van der Waals surface area contributed by atoms with Crippen molar-refractivity contribution in [2.75, 3.05) is 43.9 Å². The van der Waals surface area contributed by atoms with Gasteiger partial charge >= 0.3 is 0 Å². The molecule has 0 bridgehead atoms. The van der Waals surface area contributed by atoms with Crippen molar-refractivity contribution < 1.29 is 4.74 Å². The Labute approximate surface area is 124 Å². The van der Waals surface area contributed by atoms with Gasteiger partial charge in [0.15, 0.2) is 5.82 Å². The van der Waals surface area contributed by atoms with Crippen LogP contribution in [-0.2, 0) is 4.74 Å². The van der Waals surface area contributed by atoms with Gasteiger partial charge in [-0.05, 0) is 20.8 Å². The second-order valence-electron chi connectivity index (χ2n) is 5.73. The summed E-state index contributed by atoms with van der Waals surface area (Å²) in [6.07, 6.45) is 0. The highest BCUT2D eigenvalue weighted by atomic mass is 35.5. The van der Waals surface area contributed by atoms with Gasteiger partial charge in [0.05, 0.1) is 18.9 Å². The van der Waals surface area contributed by atoms with Crippen molar-refractivity contribution in [2.24, 2.45) is 0 Å². The minimum Gasteiger partial charge on any atom is -0.379 e. The van der Waals surface area contributed by atoms with E-state index in [9.17, 15) is 0 Å². The molecule has 0 spiro atoms. The number of nitrogens with zero attached hydrogens (tertiary/aromatic N) is 3. The molecule has 1 aromatic rings. The van der Waals surface area contributed by atoms with Crippen LogP contribution >= 0.6 is 11.6 Å². The smallest absolute Gasteiger partial charge is 0.222 e. The van der Waals surface area contributed by atoms with E-state index in [4.69, 9.17) is 22.1 Å². The molecular formula is C13H22ClN5O. The lowest BCUT2D eigenvalue weighted by Crippen LogP contribution is -2.48. The second-order valence-corrected chi connectivity index (χ2v) is 6.11. The zero-order valence-electron chi connectivity index (χ0n) is 12.2. The molecule has 0 saturated carbocycles. The van der Waals surface area contributed by atoms with E-state index in [0.717, 1.165) is 32.8 Å². The van der Waals surface area contributed by atoms with Crippen molar-refractivity contribution in [1.29, 1.82) is 0 Å². The van der Waals surface area contributed by atoms with E-state index in [-0.39, 0.29) is 11.5 Å². The third-order valence-corrected chi connectivity index (χ3v) is 3.67. The molecule has 1 fully saturated rings. The van der Waals surface area contributed by atoms with Gasteiger partial charge in [0.2, 0.25) is 5.95 Å². The Bertz CT molecular complexity index is 474. The molecule has 2 heterocycles. The van der Waals surface area contributed by atoms with Crippen LogP contribution in [-0.4, -0.2) is 53.3 Å². The fraction of sp³-hybridized carbons (Fsp3) is 0.692. The van der Waals surface area contributed by atoms with Gasteiger partial charge in [-0.25, -0.2) is 4.98 Å². The van der Waals surface area contributed by atoms with Crippen LogP contribution in [0.2, 0.25) is 5.02 Å². The monoisotopic (exact) mass is 299 g/mol. The van der Waals surface area contributed by atoms with Crippen LogP contribution in [0.1, 0.15) is 19.5 Å². The predicted molar refractivity (Wildman–Crippen MR) is 81.2 cm³/mol. The summed E-state index contributed by atoms with van der Waals surface area (Å²) in [5, 5.41) is 3.89. The van der Waals surface area contributed by atoms with Crippen LogP contribution in [0, 0.1) is 6.92 Å². The molecule has 1 aliphatic heterocycles. The van der Waals surface area contributed by atoms with Crippen molar-refractivity contribution in [3.8, 4) is 0 Å². The van der Waals surface area contributed by atoms with Crippen LogP contribution < -0.4 is 11.1 Å². The lowest BCUT2D eigenvalue weighted by atomic mass is 10.0. The lowest BCUT2D eigenvalue weighted by molar-refractivity contribution is 0.0317. The summed E-state index contributed by atoms with van der Waals surface area (Å²) in [6, 6.07) is 0. The molecule has 0 unspecified atom stereocenters. The maximum atomic E-state index is 6.24. The zero-order valence-corrected chi connectivity index (χ0v) is 13.0. The number of nitrogens with one attached hydrogen (secondary N) is 1. The van der Waals surface area contributed by atoms with Gasteiger partial charge in [0, 0.05) is 25.2 Å². The summed E-state index contributed by atoms with van der Waals surface area (Å²) in [4.78, 5) is 10.6. The molecule has 1 aromatic heterocycles. The number of aryl methyl sites for hydroxylation is 1. The Morgan fingerprint density at radius 1 is 1.35 bits per heavy atom. The third-order valence-electron chi connectivity index (χ3n) is 3.21. The number of morpholine rings is 1. The summed E-state index contributed by atoms with van der Waals surface area (Å²) in [5.74, 6) is 0.825. The first kappa shape index (κ1) is 15.3. The number of nitrogen functional groups attached to an aromatic ring is 1. The molecule has 0 aromatic carbocycles. The van der Waals surface area contributed by atoms with E-state index < -0.39 is 0 Å².